The van der Waals surface area contributed by atoms with E-state index in [0.29, 0.717) is 18.2 Å². The average Bonchev–Trinajstić information content (AvgIpc) is 3.55. The van der Waals surface area contributed by atoms with Crippen LogP contribution in [-0.2, 0) is 12.4 Å². The topological polar surface area (TPSA) is 95.8 Å². The summed E-state index contributed by atoms with van der Waals surface area (Å²) < 4.78 is 132. The number of nitrogens with zero attached hydrogens (tertiary/aromatic N) is 5. The summed E-state index contributed by atoms with van der Waals surface area (Å²) in [6.45, 7) is -2.45. The van der Waals surface area contributed by atoms with E-state index in [1.165, 1.54) is 4.90 Å². The molecule has 0 aliphatic carbocycles. The highest BCUT2D eigenvalue weighted by atomic mass is 35.5. The molecule has 248 valence electrons. The number of benzene rings is 1. The van der Waals surface area contributed by atoms with Crippen LogP contribution in [0.25, 0.3) is 16.6 Å². The Balaban J connectivity index is 1.43. The van der Waals surface area contributed by atoms with E-state index in [-0.39, 0.29) is 48.4 Å². The SMILES string of the molecule is [2H]C1([2H])CC[C@@]2(COc3nc(N4C[C@H]5CC[C@@H](C4)N5)c4cc(C(F)(F)F)n(-c5cc(O)cc(Cl)c5C(F)(F)F)c(=O)c4n3)C[C@@]([2H])(F)CN12. The van der Waals surface area contributed by atoms with Crippen molar-refractivity contribution in [3.05, 3.63) is 44.8 Å². The summed E-state index contributed by atoms with van der Waals surface area (Å²) in [7, 11) is 0. The first-order chi connectivity index (χ1) is 22.7. The van der Waals surface area contributed by atoms with Crippen molar-refractivity contribution in [3.63, 3.8) is 0 Å². The van der Waals surface area contributed by atoms with E-state index in [2.05, 4.69) is 15.3 Å². The zero-order chi connectivity index (χ0) is 35.5. The first-order valence-electron chi connectivity index (χ1n) is 15.9. The van der Waals surface area contributed by atoms with Gasteiger partial charge in [-0.15, -0.1) is 0 Å². The third-order valence-electron chi connectivity index (χ3n) is 9.00. The van der Waals surface area contributed by atoms with E-state index in [1.54, 1.807) is 4.90 Å². The van der Waals surface area contributed by atoms with Crippen LogP contribution >= 0.6 is 11.6 Å². The number of aromatic hydroxyl groups is 1. The van der Waals surface area contributed by atoms with Crippen molar-refractivity contribution in [3.8, 4) is 17.4 Å². The van der Waals surface area contributed by atoms with Gasteiger partial charge in [0.05, 0.1) is 28.6 Å². The quantitative estimate of drug-likeness (QED) is 0.361. The predicted molar refractivity (Wildman–Crippen MR) is 153 cm³/mol. The number of ether oxygens (including phenoxy) is 1. The Morgan fingerprint density at radius 2 is 1.83 bits per heavy atom. The second-order valence-electron chi connectivity index (χ2n) is 12.1. The van der Waals surface area contributed by atoms with Crippen LogP contribution in [0.5, 0.6) is 11.8 Å². The molecule has 17 heteroatoms. The molecule has 0 radical (unpaired) electrons. The average molecular weight is 680 g/mol. The summed E-state index contributed by atoms with van der Waals surface area (Å²) in [6, 6.07) is 0.596. The Bertz CT molecular complexity index is 1900. The predicted octanol–water partition coefficient (Wildman–Crippen LogP) is 5.07. The summed E-state index contributed by atoms with van der Waals surface area (Å²) in [6.07, 6.45) is -12.1. The first-order valence-corrected chi connectivity index (χ1v) is 14.8. The van der Waals surface area contributed by atoms with Crippen molar-refractivity contribution < 1.29 is 44.7 Å². The zero-order valence-corrected chi connectivity index (χ0v) is 24.5. The number of alkyl halides is 7. The third-order valence-corrected chi connectivity index (χ3v) is 9.30. The molecule has 1 aromatic carbocycles. The molecule has 3 aromatic rings. The number of phenols is 1. The van der Waals surface area contributed by atoms with Crippen LogP contribution in [0.1, 0.15) is 47.5 Å². The molecule has 46 heavy (non-hydrogen) atoms. The number of halogens is 8. The molecule has 4 atom stereocenters. The van der Waals surface area contributed by atoms with Crippen LogP contribution in [0.4, 0.5) is 36.6 Å². The summed E-state index contributed by atoms with van der Waals surface area (Å²) >= 11 is 5.77. The van der Waals surface area contributed by atoms with Crippen LogP contribution in [0.3, 0.4) is 0 Å². The molecule has 2 N–H and O–H groups in total. The minimum Gasteiger partial charge on any atom is -0.508 e. The molecule has 4 fully saturated rings. The molecular weight excluding hydrogens is 649 g/mol. The van der Waals surface area contributed by atoms with Crippen LogP contribution in [-0.4, -0.2) is 81.0 Å². The third kappa shape index (κ3) is 5.31. The summed E-state index contributed by atoms with van der Waals surface area (Å²) in [4.78, 5) is 25.4. The molecule has 9 nitrogen and oxygen atoms in total. The highest BCUT2D eigenvalue weighted by molar-refractivity contribution is 6.31. The van der Waals surface area contributed by atoms with Crippen molar-refractivity contribution in [2.24, 2.45) is 0 Å². The Kier molecular flexibility index (Phi) is 6.53. The molecule has 4 aliphatic heterocycles. The van der Waals surface area contributed by atoms with E-state index < -0.39 is 100 Å². The maximum absolute atomic E-state index is 14.9. The van der Waals surface area contributed by atoms with E-state index >= 15 is 0 Å². The number of pyridine rings is 1. The largest absolute Gasteiger partial charge is 0.508 e. The van der Waals surface area contributed by atoms with Gasteiger partial charge in [0, 0.05) is 46.9 Å². The number of nitrogens with one attached hydrogen (secondary N) is 1. The van der Waals surface area contributed by atoms with E-state index in [1.807, 2.05) is 0 Å². The Hall–Kier alpha value is -3.37. The number of anilines is 1. The lowest BCUT2D eigenvalue weighted by atomic mass is 9.95. The lowest BCUT2D eigenvalue weighted by Crippen LogP contribution is -2.51. The molecule has 0 amide bonds. The molecule has 4 aliphatic rings. The molecule has 6 heterocycles. The fourth-order valence-electron chi connectivity index (χ4n) is 7.03. The lowest BCUT2D eigenvalue weighted by molar-refractivity contribution is -0.144. The maximum atomic E-state index is 14.9. The Labute approximate surface area is 266 Å². The lowest BCUT2D eigenvalue weighted by Gasteiger charge is -2.35. The van der Waals surface area contributed by atoms with Crippen LogP contribution in [0.2, 0.25) is 5.02 Å². The van der Waals surface area contributed by atoms with Crippen LogP contribution < -0.4 is 20.5 Å². The number of aromatic nitrogens is 3. The second-order valence-corrected chi connectivity index (χ2v) is 12.5. The molecule has 0 unspecified atom stereocenters. The summed E-state index contributed by atoms with van der Waals surface area (Å²) in [5.41, 5.74) is -8.69. The number of phenolic OH excluding ortho intramolecular Hbond substituents is 1. The fraction of sp³-hybridized carbons (Fsp3) is 0.552. The van der Waals surface area contributed by atoms with E-state index in [4.69, 9.17) is 20.5 Å². The van der Waals surface area contributed by atoms with Crippen molar-refractivity contribution in [1.29, 1.82) is 0 Å². The normalized spacial score (nSPS) is 30.3. The molecule has 7 rings (SSSR count). The first kappa shape index (κ1) is 27.7. The van der Waals surface area contributed by atoms with Gasteiger partial charge in [-0.1, -0.05) is 11.6 Å². The van der Waals surface area contributed by atoms with Gasteiger partial charge >= 0.3 is 18.4 Å². The Morgan fingerprint density at radius 1 is 1.11 bits per heavy atom. The molecular formula is C29H28ClF7N6O3. The van der Waals surface area contributed by atoms with Gasteiger partial charge in [0.2, 0.25) is 0 Å². The van der Waals surface area contributed by atoms with Gasteiger partial charge in [0.1, 0.15) is 35.5 Å². The molecule has 0 spiro atoms. The second kappa shape index (κ2) is 10.8. The molecule has 0 saturated carbocycles. The van der Waals surface area contributed by atoms with Gasteiger partial charge < -0.3 is 20.1 Å². The van der Waals surface area contributed by atoms with Crippen molar-refractivity contribution in [1.82, 2.24) is 24.8 Å². The number of hydrogen-bond acceptors (Lipinski definition) is 8. The summed E-state index contributed by atoms with van der Waals surface area (Å²) in [5.74, 6) is -1.09. The Morgan fingerprint density at radius 3 is 2.50 bits per heavy atom. The number of fused-ring (bicyclic) bond motifs is 4. The molecule has 4 saturated heterocycles. The number of rotatable bonds is 5. The van der Waals surface area contributed by atoms with Crippen LogP contribution in [0, 0.1) is 0 Å². The maximum Gasteiger partial charge on any atom is 0.431 e. The zero-order valence-electron chi connectivity index (χ0n) is 26.8. The number of hydrogen-bond donors (Lipinski definition) is 2. The fourth-order valence-corrected chi connectivity index (χ4v) is 7.34. The van der Waals surface area contributed by atoms with Crippen molar-refractivity contribution >= 4 is 28.3 Å². The van der Waals surface area contributed by atoms with Gasteiger partial charge in [-0.05, 0) is 44.3 Å². The molecule has 2 bridgehead atoms. The highest BCUT2D eigenvalue weighted by Gasteiger charge is 2.49. The smallest absolute Gasteiger partial charge is 0.431 e. The van der Waals surface area contributed by atoms with Crippen LogP contribution in [0.15, 0.2) is 23.0 Å². The highest BCUT2D eigenvalue weighted by Crippen LogP contribution is 2.44. The van der Waals surface area contributed by atoms with Gasteiger partial charge in [-0.3, -0.25) is 14.3 Å². The van der Waals surface area contributed by atoms with E-state index in [9.17, 15) is 40.6 Å². The van der Waals surface area contributed by atoms with Crippen molar-refractivity contribution in [2.45, 2.75) is 68.2 Å². The van der Waals surface area contributed by atoms with Gasteiger partial charge in [-0.25, -0.2) is 4.39 Å². The summed E-state index contributed by atoms with van der Waals surface area (Å²) in [5, 5.41) is 11.9. The van der Waals surface area contributed by atoms with Gasteiger partial charge in [0.15, 0.2) is 0 Å². The minimum absolute atomic E-state index is 0.00122. The van der Waals surface area contributed by atoms with E-state index in [0.717, 1.165) is 12.8 Å². The minimum atomic E-state index is -5.40. The van der Waals surface area contributed by atoms with Crippen molar-refractivity contribution in [2.75, 3.05) is 37.6 Å². The monoisotopic (exact) mass is 679 g/mol. The molecule has 2 aromatic heterocycles. The number of piperazine rings is 1. The van der Waals surface area contributed by atoms with Gasteiger partial charge in [0.25, 0.3) is 5.56 Å². The van der Waals surface area contributed by atoms with Gasteiger partial charge in [-0.2, -0.15) is 36.3 Å². The standard InChI is InChI=1S/C29H28ClF7N6O3/c30-19-6-17(44)7-20(22(19)29(35,36)37)43-21(28(32,33)34)8-18-23(25(43)45)39-26(40-24(18)41-11-15-2-3-16(12-41)38-15)46-13-27-4-1-5-42(27)10-14(31)9-27/h6-8,14-16,38,44H,1-5,9-13H2/t14-,15-,16+,27+/m1/s1/i5D2,14D.